The summed E-state index contributed by atoms with van der Waals surface area (Å²) >= 11 is 0. The fourth-order valence-corrected chi connectivity index (χ4v) is 3.41. The highest BCUT2D eigenvalue weighted by atomic mass is 16.5. The Balaban J connectivity index is 1.61. The van der Waals surface area contributed by atoms with Gasteiger partial charge in [0.25, 0.3) is 0 Å². The summed E-state index contributed by atoms with van der Waals surface area (Å²) in [5.41, 5.74) is 7.23. The van der Waals surface area contributed by atoms with Crippen molar-refractivity contribution in [3.63, 3.8) is 0 Å². The molecule has 6 heteroatoms. The van der Waals surface area contributed by atoms with Gasteiger partial charge >= 0.3 is 0 Å². The molecule has 0 aromatic heterocycles. The number of aliphatic hydroxyl groups is 2. The zero-order valence-corrected chi connectivity index (χ0v) is 18.4. The van der Waals surface area contributed by atoms with Gasteiger partial charge in [0.2, 0.25) is 0 Å². The predicted molar refractivity (Wildman–Crippen MR) is 134 cm³/mol. The number of rotatable bonds is 9. The van der Waals surface area contributed by atoms with Crippen molar-refractivity contribution in [1.29, 1.82) is 0 Å². The quantitative estimate of drug-likeness (QED) is 0.222. The number of ether oxygens (including phenoxy) is 1. The molecule has 4 rings (SSSR count). The van der Waals surface area contributed by atoms with Crippen LogP contribution in [0.2, 0.25) is 0 Å². The zero-order chi connectivity index (χ0) is 23.0. The van der Waals surface area contributed by atoms with Crippen molar-refractivity contribution in [2.75, 3.05) is 23.1 Å². The molecule has 33 heavy (non-hydrogen) atoms. The van der Waals surface area contributed by atoms with E-state index in [1.807, 2.05) is 91.0 Å². The fourth-order valence-electron chi connectivity index (χ4n) is 3.41. The van der Waals surface area contributed by atoms with Crippen molar-refractivity contribution >= 4 is 34.1 Å². The molecule has 5 N–H and O–H groups in total. The van der Waals surface area contributed by atoms with E-state index >= 15 is 0 Å². The normalized spacial score (nSPS) is 10.5. The van der Waals surface area contributed by atoms with Crippen molar-refractivity contribution in [3.8, 4) is 5.75 Å². The van der Waals surface area contributed by atoms with Gasteiger partial charge < -0.3 is 30.9 Å². The molecule has 0 unspecified atom stereocenters. The van der Waals surface area contributed by atoms with E-state index in [1.54, 1.807) is 7.11 Å². The second kappa shape index (κ2) is 10.5. The summed E-state index contributed by atoms with van der Waals surface area (Å²) in [7, 11) is 1.65. The van der Waals surface area contributed by atoms with Crippen LogP contribution in [0.5, 0.6) is 5.75 Å². The Morgan fingerprint density at radius 2 is 0.848 bits per heavy atom. The summed E-state index contributed by atoms with van der Waals surface area (Å²) in [4.78, 5) is 0. The molecule has 4 aromatic carbocycles. The summed E-state index contributed by atoms with van der Waals surface area (Å²) in [5, 5.41) is 28.9. The average molecular weight is 442 g/mol. The molecule has 0 aliphatic carbocycles. The molecule has 0 spiro atoms. The van der Waals surface area contributed by atoms with Crippen molar-refractivity contribution in [1.82, 2.24) is 0 Å². The lowest BCUT2D eigenvalue weighted by molar-refractivity contribution is 0.281. The summed E-state index contributed by atoms with van der Waals surface area (Å²) in [6.45, 7) is 0.0371. The third-order valence-electron chi connectivity index (χ3n) is 5.16. The number of hydrogen-bond donors (Lipinski definition) is 5. The number of benzene rings is 4. The molecule has 0 bridgehead atoms. The lowest BCUT2D eigenvalue weighted by atomic mass is 10.1. The molecular weight excluding hydrogens is 414 g/mol. The average Bonchev–Trinajstić information content (AvgIpc) is 2.85. The molecule has 0 saturated heterocycles. The van der Waals surface area contributed by atoms with Crippen molar-refractivity contribution in [2.45, 2.75) is 13.2 Å². The SMILES string of the molecule is COc1ccc(Nc2cc(Nc3ccc(CO)cc3)cc(Nc3ccc(CO)cc3)c2)cc1. The first-order chi connectivity index (χ1) is 16.1. The monoisotopic (exact) mass is 441 g/mol. The minimum Gasteiger partial charge on any atom is -0.497 e. The van der Waals surface area contributed by atoms with E-state index in [0.29, 0.717) is 0 Å². The Hall–Kier alpha value is -4.00. The van der Waals surface area contributed by atoms with Gasteiger partial charge in [-0.25, -0.2) is 0 Å². The minimum atomic E-state index is 0.0185. The van der Waals surface area contributed by atoms with E-state index in [2.05, 4.69) is 16.0 Å². The molecule has 0 saturated carbocycles. The van der Waals surface area contributed by atoms with Crippen LogP contribution in [0, 0.1) is 0 Å². The molecule has 0 heterocycles. The molecule has 0 atom stereocenters. The van der Waals surface area contributed by atoms with E-state index in [1.165, 1.54) is 0 Å². The van der Waals surface area contributed by atoms with Gasteiger partial charge in [-0.05, 0) is 77.9 Å². The Morgan fingerprint density at radius 3 is 1.15 bits per heavy atom. The maximum absolute atomic E-state index is 9.28. The Bertz CT molecular complexity index is 1010. The second-order valence-electron chi connectivity index (χ2n) is 7.61. The first-order valence-corrected chi connectivity index (χ1v) is 10.6. The second-order valence-corrected chi connectivity index (χ2v) is 7.61. The largest absolute Gasteiger partial charge is 0.497 e. The third kappa shape index (κ3) is 6.04. The molecule has 0 aliphatic heterocycles. The number of hydrogen-bond acceptors (Lipinski definition) is 6. The zero-order valence-electron chi connectivity index (χ0n) is 18.4. The smallest absolute Gasteiger partial charge is 0.119 e. The number of anilines is 6. The van der Waals surface area contributed by atoms with Gasteiger partial charge in [-0.1, -0.05) is 24.3 Å². The van der Waals surface area contributed by atoms with Gasteiger partial charge in [0.05, 0.1) is 20.3 Å². The molecule has 6 nitrogen and oxygen atoms in total. The van der Waals surface area contributed by atoms with Crippen LogP contribution in [-0.2, 0) is 13.2 Å². The maximum Gasteiger partial charge on any atom is 0.119 e. The standard InChI is InChI=1S/C27H27N3O3/c1-33-27-12-10-23(11-13-27)30-26-15-24(28-21-6-2-19(17-31)3-7-21)14-25(16-26)29-22-8-4-20(18-32)5-9-22/h2-16,28-32H,17-18H2,1H3. The van der Waals surface area contributed by atoms with Gasteiger partial charge in [-0.3, -0.25) is 0 Å². The summed E-state index contributed by atoms with van der Waals surface area (Å²) < 4.78 is 5.24. The molecule has 0 fully saturated rings. The van der Waals surface area contributed by atoms with Crippen LogP contribution in [0.1, 0.15) is 11.1 Å². The van der Waals surface area contributed by atoms with E-state index in [0.717, 1.165) is 51.0 Å². The Kier molecular flexibility index (Phi) is 7.09. The first kappa shape index (κ1) is 22.2. The molecule has 0 radical (unpaired) electrons. The third-order valence-corrected chi connectivity index (χ3v) is 5.16. The van der Waals surface area contributed by atoms with Gasteiger partial charge in [-0.15, -0.1) is 0 Å². The van der Waals surface area contributed by atoms with Crippen LogP contribution in [0.15, 0.2) is 91.0 Å². The van der Waals surface area contributed by atoms with E-state index < -0.39 is 0 Å². The highest BCUT2D eigenvalue weighted by molar-refractivity contribution is 5.76. The highest BCUT2D eigenvalue weighted by Crippen LogP contribution is 2.30. The van der Waals surface area contributed by atoms with Gasteiger partial charge in [0.15, 0.2) is 0 Å². The maximum atomic E-state index is 9.28. The summed E-state index contributed by atoms with van der Waals surface area (Å²) in [6.07, 6.45) is 0. The van der Waals surface area contributed by atoms with Crippen LogP contribution in [0.4, 0.5) is 34.1 Å². The fraction of sp³-hybridized carbons (Fsp3) is 0.111. The van der Waals surface area contributed by atoms with Crippen LogP contribution >= 0.6 is 0 Å². The van der Waals surface area contributed by atoms with Crippen molar-refractivity contribution < 1.29 is 14.9 Å². The van der Waals surface area contributed by atoms with Gasteiger partial charge in [0, 0.05) is 34.1 Å². The molecule has 0 aliphatic rings. The topological polar surface area (TPSA) is 85.8 Å². The minimum absolute atomic E-state index is 0.0185. The lowest BCUT2D eigenvalue weighted by Crippen LogP contribution is -1.98. The van der Waals surface area contributed by atoms with Crippen LogP contribution in [-0.4, -0.2) is 17.3 Å². The van der Waals surface area contributed by atoms with Crippen LogP contribution < -0.4 is 20.7 Å². The Labute approximate surface area is 193 Å². The van der Waals surface area contributed by atoms with E-state index in [-0.39, 0.29) is 13.2 Å². The van der Waals surface area contributed by atoms with Crippen LogP contribution in [0.3, 0.4) is 0 Å². The number of nitrogens with one attached hydrogen (secondary N) is 3. The molecular formula is C27H27N3O3. The number of aliphatic hydroxyl groups excluding tert-OH is 2. The molecule has 0 amide bonds. The lowest BCUT2D eigenvalue weighted by Gasteiger charge is -2.15. The van der Waals surface area contributed by atoms with Crippen molar-refractivity contribution in [2.24, 2.45) is 0 Å². The van der Waals surface area contributed by atoms with Gasteiger partial charge in [-0.2, -0.15) is 0 Å². The highest BCUT2D eigenvalue weighted by Gasteiger charge is 2.05. The first-order valence-electron chi connectivity index (χ1n) is 10.6. The predicted octanol–water partition coefficient (Wildman–Crippen LogP) is 5.91. The van der Waals surface area contributed by atoms with E-state index in [9.17, 15) is 10.2 Å². The summed E-state index contributed by atoms with van der Waals surface area (Å²) in [6, 6.07) is 29.2. The Morgan fingerprint density at radius 1 is 0.515 bits per heavy atom. The number of methoxy groups -OCH3 is 1. The molecule has 168 valence electrons. The molecule has 4 aromatic rings. The van der Waals surface area contributed by atoms with E-state index in [4.69, 9.17) is 4.74 Å². The van der Waals surface area contributed by atoms with Crippen LogP contribution in [0.25, 0.3) is 0 Å². The van der Waals surface area contributed by atoms with Crippen molar-refractivity contribution in [3.05, 3.63) is 102 Å². The van der Waals surface area contributed by atoms with Gasteiger partial charge in [0.1, 0.15) is 5.75 Å². The summed E-state index contributed by atoms with van der Waals surface area (Å²) in [5.74, 6) is 0.802.